The van der Waals surface area contributed by atoms with Gasteiger partial charge in [-0.3, -0.25) is 4.79 Å². The fraction of sp³-hybridized carbons (Fsp3) is 0.478. The van der Waals surface area contributed by atoms with Gasteiger partial charge in [0, 0.05) is 38.9 Å². The highest BCUT2D eigenvalue weighted by molar-refractivity contribution is 5.93. The fourth-order valence-electron chi connectivity index (χ4n) is 4.19. The molecule has 1 fully saturated rings. The van der Waals surface area contributed by atoms with Crippen molar-refractivity contribution in [1.82, 2.24) is 9.88 Å². The number of amides is 1. The fourth-order valence-corrected chi connectivity index (χ4v) is 4.19. The molecule has 0 bridgehead atoms. The van der Waals surface area contributed by atoms with Crippen LogP contribution in [0.3, 0.4) is 0 Å². The average molecular weight is 382 g/mol. The van der Waals surface area contributed by atoms with Gasteiger partial charge in [0.15, 0.2) is 0 Å². The van der Waals surface area contributed by atoms with Gasteiger partial charge in [0.2, 0.25) is 0 Å². The number of pyridine rings is 1. The minimum absolute atomic E-state index is 0.0356. The zero-order valence-electron chi connectivity index (χ0n) is 17.4. The average Bonchev–Trinajstić information content (AvgIpc) is 2.68. The molecule has 1 aromatic heterocycles. The van der Waals surface area contributed by atoms with Gasteiger partial charge >= 0.3 is 0 Å². The molecule has 1 saturated heterocycles. The van der Waals surface area contributed by atoms with Gasteiger partial charge in [-0.1, -0.05) is 30.3 Å². The molecule has 0 aliphatic carbocycles. The van der Waals surface area contributed by atoms with E-state index in [1.807, 2.05) is 12.1 Å². The first kappa shape index (κ1) is 20.3. The molecular formula is C23H31N3O2. The molecule has 1 aromatic carbocycles. The molecule has 1 aliphatic rings. The van der Waals surface area contributed by atoms with Crippen molar-refractivity contribution in [1.29, 1.82) is 0 Å². The van der Waals surface area contributed by atoms with Crippen LogP contribution in [0.4, 0.5) is 5.82 Å². The molecule has 2 aromatic rings. The Hall–Kier alpha value is -2.40. The molecular weight excluding hydrogens is 350 g/mol. The first-order valence-corrected chi connectivity index (χ1v) is 9.92. The van der Waals surface area contributed by atoms with Gasteiger partial charge in [0.1, 0.15) is 5.82 Å². The van der Waals surface area contributed by atoms with Crippen molar-refractivity contribution in [3.05, 3.63) is 59.8 Å². The molecule has 0 spiro atoms. The molecule has 1 unspecified atom stereocenters. The van der Waals surface area contributed by atoms with Crippen LogP contribution in [-0.2, 0) is 10.2 Å². The summed E-state index contributed by atoms with van der Waals surface area (Å²) in [6, 6.07) is 14.5. The summed E-state index contributed by atoms with van der Waals surface area (Å²) >= 11 is 0. The van der Waals surface area contributed by atoms with Crippen molar-refractivity contribution in [2.24, 2.45) is 0 Å². The Morgan fingerprint density at radius 2 is 1.93 bits per heavy atom. The van der Waals surface area contributed by atoms with Crippen molar-refractivity contribution in [2.75, 3.05) is 32.6 Å². The summed E-state index contributed by atoms with van der Waals surface area (Å²) in [6.45, 7) is 5.96. The number of nitrogens with one attached hydrogen (secondary N) is 1. The summed E-state index contributed by atoms with van der Waals surface area (Å²) in [5.41, 5.74) is 1.95. The number of rotatable bonds is 6. The lowest BCUT2D eigenvalue weighted by Crippen LogP contribution is -2.44. The number of ether oxygens (including phenoxy) is 1. The summed E-state index contributed by atoms with van der Waals surface area (Å²) in [6.07, 6.45) is 4.65. The summed E-state index contributed by atoms with van der Waals surface area (Å²) < 4.78 is 5.99. The molecule has 150 valence electrons. The SMILES string of the molecule is CN(C)C(=O)c1ccc(NCCC2(c3ccccc3)CCOC(C)(C)C2)nc1. The molecule has 1 amide bonds. The third kappa shape index (κ3) is 4.71. The van der Waals surface area contributed by atoms with E-state index in [1.54, 1.807) is 25.2 Å². The number of nitrogens with zero attached hydrogens (tertiary/aromatic N) is 2. The predicted molar refractivity (Wildman–Crippen MR) is 113 cm³/mol. The van der Waals surface area contributed by atoms with E-state index in [1.165, 1.54) is 5.56 Å². The molecule has 3 rings (SSSR count). The summed E-state index contributed by atoms with van der Waals surface area (Å²) in [5, 5.41) is 3.43. The number of hydrogen-bond acceptors (Lipinski definition) is 4. The molecule has 1 N–H and O–H groups in total. The molecule has 1 atom stereocenters. The van der Waals surface area contributed by atoms with Gasteiger partial charge < -0.3 is 15.0 Å². The van der Waals surface area contributed by atoms with Gasteiger partial charge in [-0.15, -0.1) is 0 Å². The number of anilines is 1. The Labute approximate surface area is 168 Å². The van der Waals surface area contributed by atoms with E-state index in [2.05, 4.69) is 54.5 Å². The smallest absolute Gasteiger partial charge is 0.254 e. The molecule has 5 nitrogen and oxygen atoms in total. The van der Waals surface area contributed by atoms with Crippen molar-refractivity contribution in [2.45, 2.75) is 44.1 Å². The predicted octanol–water partition coefficient (Wildman–Crippen LogP) is 4.11. The highest BCUT2D eigenvalue weighted by Crippen LogP contribution is 2.43. The number of carbonyl (C=O) groups is 1. The van der Waals surface area contributed by atoms with Crippen molar-refractivity contribution in [3.63, 3.8) is 0 Å². The monoisotopic (exact) mass is 381 g/mol. The van der Waals surface area contributed by atoms with Crippen LogP contribution in [0.25, 0.3) is 0 Å². The van der Waals surface area contributed by atoms with E-state index in [-0.39, 0.29) is 16.9 Å². The minimum Gasteiger partial charge on any atom is -0.376 e. The van der Waals surface area contributed by atoms with Gasteiger partial charge in [-0.05, 0) is 50.8 Å². The lowest BCUT2D eigenvalue weighted by atomic mass is 9.67. The van der Waals surface area contributed by atoms with Crippen LogP contribution in [0.15, 0.2) is 48.7 Å². The van der Waals surface area contributed by atoms with Crippen LogP contribution in [0.2, 0.25) is 0 Å². The van der Waals surface area contributed by atoms with E-state index in [4.69, 9.17) is 4.74 Å². The zero-order valence-corrected chi connectivity index (χ0v) is 17.4. The Balaban J connectivity index is 1.69. The molecule has 5 heteroatoms. The van der Waals surface area contributed by atoms with Crippen LogP contribution < -0.4 is 5.32 Å². The van der Waals surface area contributed by atoms with Gasteiger partial charge in [-0.2, -0.15) is 0 Å². The van der Waals surface area contributed by atoms with E-state index in [0.29, 0.717) is 5.56 Å². The first-order chi connectivity index (χ1) is 13.3. The van der Waals surface area contributed by atoms with Crippen molar-refractivity contribution in [3.8, 4) is 0 Å². The topological polar surface area (TPSA) is 54.5 Å². The standard InChI is InChI=1S/C23H31N3O2/c1-22(2)17-23(13-15-28-22,19-8-6-5-7-9-19)12-14-24-20-11-10-18(16-25-20)21(27)26(3)4/h5-11,16H,12-15,17H2,1-4H3,(H,24,25). The van der Waals surface area contributed by atoms with Crippen LogP contribution in [0.1, 0.15) is 49.0 Å². The molecule has 1 aliphatic heterocycles. The lowest BCUT2D eigenvalue weighted by Gasteiger charge is -2.45. The second kappa shape index (κ2) is 8.31. The van der Waals surface area contributed by atoms with Crippen LogP contribution in [-0.4, -0.2) is 48.6 Å². The zero-order chi connectivity index (χ0) is 20.2. The van der Waals surface area contributed by atoms with E-state index in [9.17, 15) is 4.79 Å². The van der Waals surface area contributed by atoms with Gasteiger partial charge in [0.25, 0.3) is 5.91 Å². The number of hydrogen-bond donors (Lipinski definition) is 1. The third-order valence-corrected chi connectivity index (χ3v) is 5.55. The van der Waals surface area contributed by atoms with E-state index < -0.39 is 0 Å². The quantitative estimate of drug-likeness (QED) is 0.818. The highest BCUT2D eigenvalue weighted by atomic mass is 16.5. The summed E-state index contributed by atoms with van der Waals surface area (Å²) in [5.74, 6) is 0.761. The van der Waals surface area contributed by atoms with Crippen molar-refractivity contribution >= 4 is 11.7 Å². The first-order valence-electron chi connectivity index (χ1n) is 9.92. The van der Waals surface area contributed by atoms with Crippen LogP contribution in [0, 0.1) is 0 Å². The minimum atomic E-state index is -0.124. The normalized spacial score (nSPS) is 21.1. The Bertz CT molecular complexity index is 787. The van der Waals surface area contributed by atoms with Gasteiger partial charge in [-0.25, -0.2) is 4.98 Å². The van der Waals surface area contributed by atoms with E-state index in [0.717, 1.165) is 38.2 Å². The largest absolute Gasteiger partial charge is 0.376 e. The van der Waals surface area contributed by atoms with Crippen molar-refractivity contribution < 1.29 is 9.53 Å². The second-order valence-corrected chi connectivity index (χ2v) is 8.49. The highest BCUT2D eigenvalue weighted by Gasteiger charge is 2.41. The maximum absolute atomic E-state index is 12.0. The molecule has 2 heterocycles. The van der Waals surface area contributed by atoms with Gasteiger partial charge in [0.05, 0.1) is 11.2 Å². The number of carbonyl (C=O) groups excluding carboxylic acids is 1. The Morgan fingerprint density at radius 1 is 1.18 bits per heavy atom. The second-order valence-electron chi connectivity index (χ2n) is 8.49. The lowest BCUT2D eigenvalue weighted by molar-refractivity contribution is -0.0835. The molecule has 28 heavy (non-hydrogen) atoms. The summed E-state index contributed by atoms with van der Waals surface area (Å²) in [7, 11) is 3.49. The van der Waals surface area contributed by atoms with E-state index >= 15 is 0 Å². The molecule has 0 radical (unpaired) electrons. The maximum Gasteiger partial charge on any atom is 0.254 e. The maximum atomic E-state index is 12.0. The van der Waals surface area contributed by atoms with Crippen LogP contribution in [0.5, 0.6) is 0 Å². The van der Waals surface area contributed by atoms with Crippen LogP contribution >= 0.6 is 0 Å². The number of aromatic nitrogens is 1. The Morgan fingerprint density at radius 3 is 2.54 bits per heavy atom. The molecule has 0 saturated carbocycles. The number of benzene rings is 1. The summed E-state index contributed by atoms with van der Waals surface area (Å²) in [4.78, 5) is 18.0. The Kier molecular flexibility index (Phi) is 6.04. The third-order valence-electron chi connectivity index (χ3n) is 5.55.